The lowest BCUT2D eigenvalue weighted by Gasteiger charge is -2.23. The number of aliphatic hydroxyl groups is 1. The average Bonchev–Trinajstić information content (AvgIpc) is 3.46. The molecule has 0 radical (unpaired) electrons. The summed E-state index contributed by atoms with van der Waals surface area (Å²) >= 11 is 1.06. The van der Waals surface area contributed by atoms with Crippen molar-refractivity contribution in [2.75, 3.05) is 4.90 Å². The van der Waals surface area contributed by atoms with E-state index in [0.29, 0.717) is 34.1 Å². The number of hydrogen-bond donors (Lipinski definition) is 1. The molecule has 8 heteroatoms. The first-order valence-corrected chi connectivity index (χ1v) is 13.6. The van der Waals surface area contributed by atoms with Crippen molar-refractivity contribution in [2.45, 2.75) is 40.3 Å². The highest BCUT2D eigenvalue weighted by Gasteiger charge is 2.48. The minimum atomic E-state index is -0.951. The van der Waals surface area contributed by atoms with Crippen LogP contribution in [0.4, 0.5) is 5.13 Å². The summed E-state index contributed by atoms with van der Waals surface area (Å²) in [6.45, 7) is 7.24. The van der Waals surface area contributed by atoms with Crippen molar-refractivity contribution in [3.8, 4) is 5.75 Å². The number of aromatic nitrogens is 1. The number of carbonyl (C=O) groups excluding carboxylic acids is 3. The van der Waals surface area contributed by atoms with E-state index in [9.17, 15) is 19.5 Å². The number of carbonyl (C=O) groups is 3. The number of benzene rings is 3. The molecule has 3 aromatic carbocycles. The van der Waals surface area contributed by atoms with Gasteiger partial charge in [-0.2, -0.15) is 0 Å². The van der Waals surface area contributed by atoms with Crippen molar-refractivity contribution in [1.29, 1.82) is 0 Å². The number of ketones is 2. The van der Waals surface area contributed by atoms with Gasteiger partial charge in [0.05, 0.1) is 22.2 Å². The molecule has 202 valence electrons. The van der Waals surface area contributed by atoms with Crippen LogP contribution in [-0.2, 0) is 16.2 Å². The fourth-order valence-electron chi connectivity index (χ4n) is 4.78. The molecule has 1 fully saturated rings. The van der Waals surface area contributed by atoms with Crippen molar-refractivity contribution < 1.29 is 24.2 Å². The van der Waals surface area contributed by atoms with E-state index in [-0.39, 0.29) is 22.2 Å². The number of nitrogens with zero attached hydrogens (tertiary/aromatic N) is 2. The molecule has 1 unspecified atom stereocenters. The van der Waals surface area contributed by atoms with Gasteiger partial charge >= 0.3 is 5.91 Å². The zero-order valence-electron chi connectivity index (χ0n) is 22.6. The minimum absolute atomic E-state index is 0.0334. The molecule has 0 aliphatic carbocycles. The molecule has 0 saturated carbocycles. The normalized spacial score (nSPS) is 16.4. The van der Waals surface area contributed by atoms with Crippen LogP contribution in [0, 0.1) is 20.8 Å². The third-order valence-corrected chi connectivity index (χ3v) is 8.11. The molecule has 5 rings (SSSR count). The highest BCUT2D eigenvalue weighted by atomic mass is 32.1. The number of rotatable bonds is 7. The zero-order chi connectivity index (χ0) is 28.6. The highest BCUT2D eigenvalue weighted by molar-refractivity contribution is 7.18. The van der Waals surface area contributed by atoms with Gasteiger partial charge in [0.1, 0.15) is 18.1 Å². The Kier molecular flexibility index (Phi) is 7.36. The topological polar surface area (TPSA) is 96.8 Å². The molecule has 40 heavy (non-hydrogen) atoms. The fraction of sp³-hybridized carbons (Fsp3) is 0.188. The van der Waals surface area contributed by atoms with Gasteiger partial charge in [0.25, 0.3) is 5.78 Å². The largest absolute Gasteiger partial charge is 0.507 e. The van der Waals surface area contributed by atoms with E-state index < -0.39 is 17.7 Å². The second kappa shape index (κ2) is 10.9. The third kappa shape index (κ3) is 5.05. The van der Waals surface area contributed by atoms with Crippen LogP contribution >= 0.6 is 11.3 Å². The zero-order valence-corrected chi connectivity index (χ0v) is 23.4. The monoisotopic (exact) mass is 552 g/mol. The first-order valence-electron chi connectivity index (χ1n) is 12.8. The van der Waals surface area contributed by atoms with Crippen LogP contribution in [0.25, 0.3) is 5.76 Å². The Balaban J connectivity index is 1.61. The van der Waals surface area contributed by atoms with Crippen LogP contribution in [-0.4, -0.2) is 27.6 Å². The molecular formula is C32H28N2O5S. The number of hydrogen-bond acceptors (Lipinski definition) is 7. The predicted octanol–water partition coefficient (Wildman–Crippen LogP) is 6.48. The molecule has 1 aliphatic rings. The van der Waals surface area contributed by atoms with E-state index in [1.54, 1.807) is 37.3 Å². The molecular weight excluding hydrogens is 524 g/mol. The number of aliphatic hydroxyl groups excluding tert-OH is 1. The average molecular weight is 553 g/mol. The molecule has 2 heterocycles. The number of Topliss-reactive ketones (excluding diaryl/α,β-unsaturated/α-hetero) is 2. The van der Waals surface area contributed by atoms with Gasteiger partial charge in [0, 0.05) is 12.5 Å². The van der Waals surface area contributed by atoms with E-state index in [4.69, 9.17) is 4.74 Å². The van der Waals surface area contributed by atoms with Crippen LogP contribution < -0.4 is 9.64 Å². The maximum atomic E-state index is 13.5. The summed E-state index contributed by atoms with van der Waals surface area (Å²) in [7, 11) is 0. The maximum Gasteiger partial charge on any atom is 0.301 e. The van der Waals surface area contributed by atoms with Crippen LogP contribution in [0.5, 0.6) is 5.75 Å². The van der Waals surface area contributed by atoms with Crippen molar-refractivity contribution in [3.63, 3.8) is 0 Å². The molecule has 7 nitrogen and oxygen atoms in total. The van der Waals surface area contributed by atoms with Crippen LogP contribution in [0.1, 0.15) is 56.1 Å². The van der Waals surface area contributed by atoms with Gasteiger partial charge in [-0.25, -0.2) is 4.98 Å². The molecule has 1 saturated heterocycles. The van der Waals surface area contributed by atoms with E-state index >= 15 is 0 Å². The summed E-state index contributed by atoms with van der Waals surface area (Å²) in [5.74, 6) is -1.44. The number of amides is 1. The van der Waals surface area contributed by atoms with Crippen LogP contribution in [0.15, 0.2) is 78.4 Å². The summed E-state index contributed by atoms with van der Waals surface area (Å²) in [5.41, 5.74) is 4.21. The molecule has 4 aromatic rings. The Hall–Kier alpha value is -4.56. The van der Waals surface area contributed by atoms with Gasteiger partial charge in [0.2, 0.25) is 0 Å². The lowest BCUT2D eigenvalue weighted by Crippen LogP contribution is -2.29. The van der Waals surface area contributed by atoms with Gasteiger partial charge in [-0.15, -0.1) is 0 Å². The van der Waals surface area contributed by atoms with E-state index in [2.05, 4.69) is 4.98 Å². The smallest absolute Gasteiger partial charge is 0.301 e. The lowest BCUT2D eigenvalue weighted by atomic mass is 9.93. The summed E-state index contributed by atoms with van der Waals surface area (Å²) in [6, 6.07) is 21.5. The Morgan fingerprint density at radius 2 is 1.70 bits per heavy atom. The fourth-order valence-corrected chi connectivity index (χ4v) is 5.77. The summed E-state index contributed by atoms with van der Waals surface area (Å²) in [6.07, 6.45) is 0. The standard InChI is InChI=1S/C32H28N2O5S/c1-18-10-11-19(2)25(16-18)28(36)26-27(23-12-14-24(15-13-23)39-17-22-8-6-5-7-9-22)34(31(38)29(26)37)32-33-20(3)30(40-32)21(4)35/h5-16,27,36H,17H2,1-4H3. The molecule has 1 aromatic heterocycles. The predicted molar refractivity (Wildman–Crippen MR) is 155 cm³/mol. The third-order valence-electron chi connectivity index (χ3n) is 6.85. The molecule has 1 atom stereocenters. The second-order valence-corrected chi connectivity index (χ2v) is 10.8. The Morgan fingerprint density at radius 3 is 2.35 bits per heavy atom. The molecule has 1 N–H and O–H groups in total. The van der Waals surface area contributed by atoms with Crippen molar-refractivity contribution >= 4 is 39.7 Å². The highest BCUT2D eigenvalue weighted by Crippen LogP contribution is 2.44. The molecule has 0 bridgehead atoms. The summed E-state index contributed by atoms with van der Waals surface area (Å²) in [5, 5.41) is 11.7. The van der Waals surface area contributed by atoms with E-state index in [1.165, 1.54) is 11.8 Å². The Bertz CT molecular complexity index is 1650. The number of aryl methyl sites for hydroxylation is 3. The van der Waals surface area contributed by atoms with E-state index in [0.717, 1.165) is 28.0 Å². The summed E-state index contributed by atoms with van der Waals surface area (Å²) in [4.78, 5) is 45.3. The van der Waals surface area contributed by atoms with Crippen LogP contribution in [0.2, 0.25) is 0 Å². The number of anilines is 1. The first-order chi connectivity index (χ1) is 19.2. The first kappa shape index (κ1) is 27.0. The SMILES string of the molecule is CC(=O)c1sc(N2C(=O)C(=O)C(=C(O)c3cc(C)ccc3C)C2c2ccc(OCc3ccccc3)cc2)nc1C. The maximum absolute atomic E-state index is 13.5. The van der Waals surface area contributed by atoms with Gasteiger partial charge in [-0.05, 0) is 55.7 Å². The van der Waals surface area contributed by atoms with Gasteiger partial charge < -0.3 is 9.84 Å². The van der Waals surface area contributed by atoms with Crippen LogP contribution in [0.3, 0.4) is 0 Å². The van der Waals surface area contributed by atoms with Gasteiger partial charge in [-0.1, -0.05) is 71.5 Å². The van der Waals surface area contributed by atoms with Crippen molar-refractivity contribution in [2.24, 2.45) is 0 Å². The summed E-state index contributed by atoms with van der Waals surface area (Å²) < 4.78 is 5.92. The number of ether oxygens (including phenoxy) is 1. The van der Waals surface area contributed by atoms with Crippen molar-refractivity contribution in [1.82, 2.24) is 4.98 Å². The minimum Gasteiger partial charge on any atom is -0.507 e. The quantitative estimate of drug-likeness (QED) is 0.122. The van der Waals surface area contributed by atoms with Gasteiger partial charge in [0.15, 0.2) is 10.9 Å². The van der Waals surface area contributed by atoms with Gasteiger partial charge in [-0.3, -0.25) is 19.3 Å². The van der Waals surface area contributed by atoms with E-state index in [1.807, 2.05) is 56.3 Å². The molecule has 0 spiro atoms. The second-order valence-electron chi connectivity index (χ2n) is 9.80. The number of thiazole rings is 1. The lowest BCUT2D eigenvalue weighted by molar-refractivity contribution is -0.132. The van der Waals surface area contributed by atoms with Crippen molar-refractivity contribution in [3.05, 3.63) is 117 Å². The Morgan fingerprint density at radius 1 is 1.00 bits per heavy atom. The molecule has 1 amide bonds. The Labute approximate surface area is 236 Å². The molecule has 1 aliphatic heterocycles.